The van der Waals surface area contributed by atoms with Gasteiger partial charge < -0.3 is 4.90 Å². The average molecular weight is 367 g/mol. The van der Waals surface area contributed by atoms with Gasteiger partial charge >= 0.3 is 0 Å². The lowest BCUT2D eigenvalue weighted by atomic mass is 10.1. The standard InChI is InChI=1S/C16H19BrN2OS/c1-18(2)16(20)13-6-4-5-12(9-13)10-19(3)11-14-7-8-15(17)21-14/h4-9H,10-11H2,1-3H3. The molecule has 0 N–H and O–H groups in total. The molecule has 1 aromatic heterocycles. The van der Waals surface area contributed by atoms with Gasteiger partial charge in [0.15, 0.2) is 0 Å². The maximum atomic E-state index is 12.0. The number of rotatable bonds is 5. The van der Waals surface area contributed by atoms with E-state index in [2.05, 4.69) is 46.1 Å². The Bertz CT molecular complexity index is 624. The second kappa shape index (κ2) is 7.20. The predicted octanol–water partition coefficient (Wildman–Crippen LogP) is 3.84. The Morgan fingerprint density at radius 1 is 1.14 bits per heavy atom. The Hall–Kier alpha value is -1.17. The van der Waals surface area contributed by atoms with Gasteiger partial charge in [0.2, 0.25) is 0 Å². The fraction of sp³-hybridized carbons (Fsp3) is 0.312. The van der Waals surface area contributed by atoms with Crippen LogP contribution in [-0.4, -0.2) is 36.9 Å². The molecule has 1 amide bonds. The van der Waals surface area contributed by atoms with Crippen LogP contribution in [0.1, 0.15) is 20.8 Å². The van der Waals surface area contributed by atoms with Crippen LogP contribution in [0.2, 0.25) is 0 Å². The molecule has 21 heavy (non-hydrogen) atoms. The molecule has 0 aliphatic heterocycles. The minimum atomic E-state index is 0.0432. The normalized spacial score (nSPS) is 10.9. The third-order valence-corrected chi connectivity index (χ3v) is 4.70. The number of hydrogen-bond acceptors (Lipinski definition) is 3. The lowest BCUT2D eigenvalue weighted by molar-refractivity contribution is 0.0827. The molecule has 2 rings (SSSR count). The molecule has 0 unspecified atom stereocenters. The fourth-order valence-electron chi connectivity index (χ4n) is 2.13. The molecule has 0 radical (unpaired) electrons. The molecule has 3 nitrogen and oxygen atoms in total. The molecule has 5 heteroatoms. The smallest absolute Gasteiger partial charge is 0.253 e. The van der Waals surface area contributed by atoms with Gasteiger partial charge in [-0.1, -0.05) is 12.1 Å². The SMILES string of the molecule is CN(Cc1cccc(C(=O)N(C)C)c1)Cc1ccc(Br)s1. The predicted molar refractivity (Wildman–Crippen MR) is 91.6 cm³/mol. The van der Waals surface area contributed by atoms with Crippen LogP contribution in [0, 0.1) is 0 Å². The number of amides is 1. The van der Waals surface area contributed by atoms with Crippen LogP contribution in [0.15, 0.2) is 40.2 Å². The highest BCUT2D eigenvalue weighted by Crippen LogP contribution is 2.23. The van der Waals surface area contributed by atoms with Crippen molar-refractivity contribution in [1.82, 2.24) is 9.80 Å². The molecule has 0 fully saturated rings. The summed E-state index contributed by atoms with van der Waals surface area (Å²) in [6.45, 7) is 1.73. The highest BCUT2D eigenvalue weighted by Gasteiger charge is 2.09. The Kier molecular flexibility index (Phi) is 5.56. The number of carbonyl (C=O) groups is 1. The van der Waals surface area contributed by atoms with Gasteiger partial charge in [-0.3, -0.25) is 9.69 Å². The largest absolute Gasteiger partial charge is 0.345 e. The van der Waals surface area contributed by atoms with Crippen molar-refractivity contribution in [3.05, 3.63) is 56.2 Å². The third kappa shape index (κ3) is 4.66. The summed E-state index contributed by atoms with van der Waals surface area (Å²) in [4.78, 5) is 17.2. The van der Waals surface area contributed by atoms with Gasteiger partial charge in [0.1, 0.15) is 0 Å². The van der Waals surface area contributed by atoms with E-state index >= 15 is 0 Å². The lowest BCUT2D eigenvalue weighted by Gasteiger charge is -2.17. The van der Waals surface area contributed by atoms with Crippen molar-refractivity contribution in [1.29, 1.82) is 0 Å². The van der Waals surface area contributed by atoms with Gasteiger partial charge in [-0.15, -0.1) is 11.3 Å². The van der Waals surface area contributed by atoms with Gasteiger partial charge in [0.25, 0.3) is 5.91 Å². The minimum Gasteiger partial charge on any atom is -0.345 e. The van der Waals surface area contributed by atoms with E-state index in [0.29, 0.717) is 0 Å². The van der Waals surface area contributed by atoms with Gasteiger partial charge in [-0.2, -0.15) is 0 Å². The van der Waals surface area contributed by atoms with E-state index in [9.17, 15) is 4.79 Å². The molecule has 2 aromatic rings. The fourth-order valence-corrected chi connectivity index (χ4v) is 3.69. The van der Waals surface area contributed by atoms with E-state index in [0.717, 1.165) is 28.0 Å². The third-order valence-electron chi connectivity index (χ3n) is 3.09. The van der Waals surface area contributed by atoms with Crippen LogP contribution in [0.5, 0.6) is 0 Å². The number of carbonyl (C=O) groups excluding carboxylic acids is 1. The second-order valence-electron chi connectivity index (χ2n) is 5.28. The zero-order valence-corrected chi connectivity index (χ0v) is 14.9. The molecule has 1 heterocycles. The van der Waals surface area contributed by atoms with E-state index in [1.54, 1.807) is 30.3 Å². The van der Waals surface area contributed by atoms with E-state index in [4.69, 9.17) is 0 Å². The minimum absolute atomic E-state index is 0.0432. The molecule has 112 valence electrons. The van der Waals surface area contributed by atoms with E-state index in [1.807, 2.05) is 18.2 Å². The first kappa shape index (κ1) is 16.2. The maximum absolute atomic E-state index is 12.0. The summed E-state index contributed by atoms with van der Waals surface area (Å²) in [5, 5.41) is 0. The zero-order valence-electron chi connectivity index (χ0n) is 12.5. The van der Waals surface area contributed by atoms with Crippen LogP contribution in [-0.2, 0) is 13.1 Å². The summed E-state index contributed by atoms with van der Waals surface area (Å²) in [7, 11) is 5.64. The Morgan fingerprint density at radius 2 is 1.90 bits per heavy atom. The molecule has 1 aromatic carbocycles. The molecule has 0 aliphatic carbocycles. The van der Waals surface area contributed by atoms with Crippen LogP contribution in [0.3, 0.4) is 0 Å². The van der Waals surface area contributed by atoms with Gasteiger partial charge in [-0.25, -0.2) is 0 Å². The highest BCUT2D eigenvalue weighted by atomic mass is 79.9. The van der Waals surface area contributed by atoms with Crippen molar-refractivity contribution in [3.8, 4) is 0 Å². The van der Waals surface area contributed by atoms with Crippen molar-refractivity contribution in [2.24, 2.45) is 0 Å². The van der Waals surface area contributed by atoms with Crippen molar-refractivity contribution < 1.29 is 4.79 Å². The van der Waals surface area contributed by atoms with Crippen molar-refractivity contribution in [2.45, 2.75) is 13.1 Å². The summed E-state index contributed by atoms with van der Waals surface area (Å²) in [6, 6.07) is 12.1. The van der Waals surface area contributed by atoms with Crippen molar-refractivity contribution >= 4 is 33.2 Å². The van der Waals surface area contributed by atoms with Crippen molar-refractivity contribution in [2.75, 3.05) is 21.1 Å². The number of nitrogens with zero attached hydrogens (tertiary/aromatic N) is 2. The second-order valence-corrected chi connectivity index (χ2v) is 7.83. The van der Waals surface area contributed by atoms with Crippen LogP contribution >= 0.6 is 27.3 Å². The monoisotopic (exact) mass is 366 g/mol. The summed E-state index contributed by atoms with van der Waals surface area (Å²) >= 11 is 5.24. The number of thiophene rings is 1. The Balaban J connectivity index is 2.02. The molecule has 0 bridgehead atoms. The molecule has 0 aliphatic rings. The van der Waals surface area contributed by atoms with Crippen LogP contribution < -0.4 is 0 Å². The van der Waals surface area contributed by atoms with E-state index in [1.165, 1.54) is 4.88 Å². The lowest BCUT2D eigenvalue weighted by Crippen LogP contribution is -2.22. The summed E-state index contributed by atoms with van der Waals surface area (Å²) in [6.07, 6.45) is 0. The maximum Gasteiger partial charge on any atom is 0.253 e. The summed E-state index contributed by atoms with van der Waals surface area (Å²) < 4.78 is 1.16. The quantitative estimate of drug-likeness (QED) is 0.802. The Labute approximate surface area is 138 Å². The van der Waals surface area contributed by atoms with Crippen molar-refractivity contribution in [3.63, 3.8) is 0 Å². The molecule has 0 saturated heterocycles. The first-order valence-electron chi connectivity index (χ1n) is 6.69. The van der Waals surface area contributed by atoms with Gasteiger partial charge in [0, 0.05) is 37.6 Å². The van der Waals surface area contributed by atoms with Crippen LogP contribution in [0.4, 0.5) is 0 Å². The first-order valence-corrected chi connectivity index (χ1v) is 8.30. The average Bonchev–Trinajstić information content (AvgIpc) is 2.83. The number of halogens is 1. The molecular weight excluding hydrogens is 348 g/mol. The first-order chi connectivity index (χ1) is 9.95. The number of hydrogen-bond donors (Lipinski definition) is 0. The summed E-state index contributed by atoms with van der Waals surface area (Å²) in [5.41, 5.74) is 1.89. The summed E-state index contributed by atoms with van der Waals surface area (Å²) in [5.74, 6) is 0.0432. The van der Waals surface area contributed by atoms with Crippen LogP contribution in [0.25, 0.3) is 0 Å². The topological polar surface area (TPSA) is 23.6 Å². The molecular formula is C16H19BrN2OS. The molecule has 0 atom stereocenters. The highest BCUT2D eigenvalue weighted by molar-refractivity contribution is 9.11. The molecule has 0 saturated carbocycles. The van der Waals surface area contributed by atoms with E-state index in [-0.39, 0.29) is 5.91 Å². The van der Waals surface area contributed by atoms with Gasteiger partial charge in [0.05, 0.1) is 3.79 Å². The van der Waals surface area contributed by atoms with E-state index < -0.39 is 0 Å². The molecule has 0 spiro atoms. The number of benzene rings is 1. The van der Waals surface area contributed by atoms with Gasteiger partial charge in [-0.05, 0) is 52.8 Å². The zero-order chi connectivity index (χ0) is 15.4. The Morgan fingerprint density at radius 3 is 2.52 bits per heavy atom.